The van der Waals surface area contributed by atoms with Crippen molar-refractivity contribution in [3.63, 3.8) is 0 Å². The normalized spacial score (nSPS) is 10.3. The van der Waals surface area contributed by atoms with Crippen LogP contribution < -0.4 is 10.1 Å². The van der Waals surface area contributed by atoms with E-state index in [9.17, 15) is 4.79 Å². The summed E-state index contributed by atoms with van der Waals surface area (Å²) in [6.07, 6.45) is 2.95. The minimum absolute atomic E-state index is 0.00146. The summed E-state index contributed by atoms with van der Waals surface area (Å²) in [5.41, 5.74) is 2.98. The van der Waals surface area contributed by atoms with Gasteiger partial charge in [-0.1, -0.05) is 0 Å². The maximum absolute atomic E-state index is 11.9. The lowest BCUT2D eigenvalue weighted by molar-refractivity contribution is -0.116. The molecule has 0 aliphatic carbocycles. The minimum Gasteiger partial charge on any atom is -0.497 e. The Hall–Kier alpha value is -2.30. The van der Waals surface area contributed by atoms with Crippen molar-refractivity contribution in [3.8, 4) is 5.75 Å². The molecule has 20 heavy (non-hydrogen) atoms. The third kappa shape index (κ3) is 3.38. The highest BCUT2D eigenvalue weighted by molar-refractivity contribution is 5.90. The number of benzene rings is 1. The van der Waals surface area contributed by atoms with E-state index in [0.29, 0.717) is 12.8 Å². The Morgan fingerprint density at radius 2 is 2.05 bits per heavy atom. The number of nitrogens with zero attached hydrogens (tertiary/aromatic N) is 2. The van der Waals surface area contributed by atoms with Crippen molar-refractivity contribution in [3.05, 3.63) is 41.7 Å². The van der Waals surface area contributed by atoms with Gasteiger partial charge in [0.05, 0.1) is 13.3 Å². The molecule has 0 bridgehead atoms. The zero-order valence-corrected chi connectivity index (χ0v) is 12.0. The second-order valence-electron chi connectivity index (χ2n) is 4.66. The molecule has 0 aliphatic rings. The summed E-state index contributed by atoms with van der Waals surface area (Å²) in [6.45, 7) is 2.00. The molecule has 1 aromatic heterocycles. The summed E-state index contributed by atoms with van der Waals surface area (Å²) in [7, 11) is 3.51. The van der Waals surface area contributed by atoms with Crippen LogP contribution in [0.5, 0.6) is 5.75 Å². The summed E-state index contributed by atoms with van der Waals surface area (Å²) in [5, 5.41) is 7.04. The first kappa shape index (κ1) is 14.1. The number of carbonyl (C=O) groups excluding carboxylic acids is 1. The summed E-state index contributed by atoms with van der Waals surface area (Å²) in [4.78, 5) is 11.9. The number of aromatic nitrogens is 2. The topological polar surface area (TPSA) is 56.1 Å². The molecule has 0 unspecified atom stereocenters. The van der Waals surface area contributed by atoms with E-state index in [-0.39, 0.29) is 5.91 Å². The lowest BCUT2D eigenvalue weighted by Gasteiger charge is -2.06. The molecule has 106 valence electrons. The molecule has 5 heteroatoms. The molecular weight excluding hydrogens is 254 g/mol. The molecule has 1 heterocycles. The van der Waals surface area contributed by atoms with Crippen molar-refractivity contribution >= 4 is 11.6 Å². The lowest BCUT2D eigenvalue weighted by atomic mass is 10.1. The van der Waals surface area contributed by atoms with Gasteiger partial charge in [-0.2, -0.15) is 5.10 Å². The quantitative estimate of drug-likeness (QED) is 0.909. The van der Waals surface area contributed by atoms with Crippen LogP contribution in [0.3, 0.4) is 0 Å². The average Bonchev–Trinajstić information content (AvgIpc) is 2.77. The molecule has 1 N–H and O–H groups in total. The Kier molecular flexibility index (Phi) is 4.40. The van der Waals surface area contributed by atoms with Crippen LogP contribution in [0, 0.1) is 6.92 Å². The Balaban J connectivity index is 1.87. The third-order valence-electron chi connectivity index (χ3n) is 3.33. The summed E-state index contributed by atoms with van der Waals surface area (Å²) >= 11 is 0. The fourth-order valence-electron chi connectivity index (χ4n) is 1.94. The first-order valence-electron chi connectivity index (χ1n) is 6.51. The van der Waals surface area contributed by atoms with E-state index >= 15 is 0 Å². The van der Waals surface area contributed by atoms with E-state index in [1.54, 1.807) is 7.11 Å². The Labute approximate surface area is 118 Å². The molecule has 0 fully saturated rings. The predicted octanol–water partition coefficient (Wildman–Crippen LogP) is 2.31. The molecule has 0 atom stereocenters. The highest BCUT2D eigenvalue weighted by Crippen LogP contribution is 2.15. The zero-order chi connectivity index (χ0) is 14.5. The molecule has 2 rings (SSSR count). The number of anilines is 1. The van der Waals surface area contributed by atoms with Crippen LogP contribution in [-0.4, -0.2) is 22.8 Å². The van der Waals surface area contributed by atoms with Gasteiger partial charge in [0, 0.05) is 24.8 Å². The van der Waals surface area contributed by atoms with Crippen LogP contribution in [0.25, 0.3) is 0 Å². The van der Waals surface area contributed by atoms with E-state index in [0.717, 1.165) is 22.7 Å². The zero-order valence-electron chi connectivity index (χ0n) is 12.0. The van der Waals surface area contributed by atoms with E-state index < -0.39 is 0 Å². The van der Waals surface area contributed by atoms with Crippen LogP contribution in [0.4, 0.5) is 5.69 Å². The van der Waals surface area contributed by atoms with Gasteiger partial charge in [-0.05, 0) is 43.2 Å². The maximum atomic E-state index is 11.9. The van der Waals surface area contributed by atoms with Gasteiger partial charge >= 0.3 is 0 Å². The number of aryl methyl sites for hydroxylation is 2. The van der Waals surface area contributed by atoms with Crippen molar-refractivity contribution in [2.45, 2.75) is 19.8 Å². The summed E-state index contributed by atoms with van der Waals surface area (Å²) in [6, 6.07) is 7.29. The smallest absolute Gasteiger partial charge is 0.224 e. The number of rotatable bonds is 5. The second-order valence-corrected chi connectivity index (χ2v) is 4.66. The molecule has 2 aromatic rings. The summed E-state index contributed by atoms with van der Waals surface area (Å²) in [5.74, 6) is 0.771. The molecular formula is C15H19N3O2. The van der Waals surface area contributed by atoms with Crippen molar-refractivity contribution in [1.29, 1.82) is 0 Å². The first-order chi connectivity index (χ1) is 9.60. The van der Waals surface area contributed by atoms with Gasteiger partial charge in [-0.15, -0.1) is 0 Å². The number of methoxy groups -OCH3 is 1. The highest BCUT2D eigenvalue weighted by atomic mass is 16.5. The molecule has 1 amide bonds. The van der Waals surface area contributed by atoms with Gasteiger partial charge in [0.1, 0.15) is 5.75 Å². The highest BCUT2D eigenvalue weighted by Gasteiger charge is 2.07. The molecule has 0 radical (unpaired) electrons. The molecule has 0 aliphatic heterocycles. The van der Waals surface area contributed by atoms with E-state index in [1.807, 2.05) is 49.1 Å². The van der Waals surface area contributed by atoms with Crippen molar-refractivity contribution in [1.82, 2.24) is 9.78 Å². The van der Waals surface area contributed by atoms with Crippen molar-refractivity contribution < 1.29 is 9.53 Å². The van der Waals surface area contributed by atoms with Gasteiger partial charge < -0.3 is 10.1 Å². The molecule has 5 nitrogen and oxygen atoms in total. The van der Waals surface area contributed by atoms with Gasteiger partial charge in [0.15, 0.2) is 0 Å². The number of ether oxygens (including phenoxy) is 1. The Bertz CT molecular complexity index is 588. The van der Waals surface area contributed by atoms with Crippen molar-refractivity contribution in [2.24, 2.45) is 7.05 Å². The van der Waals surface area contributed by atoms with Crippen molar-refractivity contribution in [2.75, 3.05) is 12.4 Å². The minimum atomic E-state index is -0.00146. The van der Waals surface area contributed by atoms with Crippen LogP contribution in [-0.2, 0) is 18.3 Å². The average molecular weight is 273 g/mol. The number of nitrogens with one attached hydrogen (secondary N) is 1. The van der Waals surface area contributed by atoms with Crippen LogP contribution in [0.1, 0.15) is 17.7 Å². The van der Waals surface area contributed by atoms with E-state index in [4.69, 9.17) is 4.74 Å². The van der Waals surface area contributed by atoms with E-state index in [1.165, 1.54) is 0 Å². The largest absolute Gasteiger partial charge is 0.497 e. The monoisotopic (exact) mass is 273 g/mol. The van der Waals surface area contributed by atoms with Crippen LogP contribution in [0.2, 0.25) is 0 Å². The molecule has 0 saturated carbocycles. The van der Waals surface area contributed by atoms with Gasteiger partial charge in [0.25, 0.3) is 0 Å². The number of hydrogen-bond donors (Lipinski definition) is 1. The van der Waals surface area contributed by atoms with Gasteiger partial charge in [-0.3, -0.25) is 9.48 Å². The molecule has 1 aromatic carbocycles. The SMILES string of the molecule is COc1ccc(NC(=O)CCc2cnn(C)c2C)cc1. The van der Waals surface area contributed by atoms with E-state index in [2.05, 4.69) is 10.4 Å². The summed E-state index contributed by atoms with van der Waals surface area (Å²) < 4.78 is 6.89. The molecule has 0 saturated heterocycles. The fraction of sp³-hybridized carbons (Fsp3) is 0.333. The lowest BCUT2D eigenvalue weighted by Crippen LogP contribution is -2.12. The maximum Gasteiger partial charge on any atom is 0.224 e. The number of amides is 1. The van der Waals surface area contributed by atoms with Gasteiger partial charge in [0.2, 0.25) is 5.91 Å². The third-order valence-corrected chi connectivity index (χ3v) is 3.33. The first-order valence-corrected chi connectivity index (χ1v) is 6.51. The Morgan fingerprint density at radius 3 is 2.60 bits per heavy atom. The number of carbonyl (C=O) groups is 1. The fourth-order valence-corrected chi connectivity index (χ4v) is 1.94. The second kappa shape index (κ2) is 6.23. The van der Waals surface area contributed by atoms with Crippen LogP contribution in [0.15, 0.2) is 30.5 Å². The van der Waals surface area contributed by atoms with Gasteiger partial charge in [-0.25, -0.2) is 0 Å². The van der Waals surface area contributed by atoms with Crippen LogP contribution >= 0.6 is 0 Å². The standard InChI is InChI=1S/C15H19N3O2/c1-11-12(10-16-18(11)2)4-9-15(19)17-13-5-7-14(20-3)8-6-13/h5-8,10H,4,9H2,1-3H3,(H,17,19). The Morgan fingerprint density at radius 1 is 1.35 bits per heavy atom. The molecule has 0 spiro atoms. The predicted molar refractivity (Wildman–Crippen MR) is 77.9 cm³/mol. The number of hydrogen-bond acceptors (Lipinski definition) is 3.